The van der Waals surface area contributed by atoms with Gasteiger partial charge in [-0.15, -0.1) is 19.9 Å². The molecule has 0 N–H and O–H groups in total. The van der Waals surface area contributed by atoms with Gasteiger partial charge in [-0.25, -0.2) is 9.97 Å². The maximum Gasteiger partial charge on any atom is 0.362 e. The van der Waals surface area contributed by atoms with Crippen molar-refractivity contribution in [3.8, 4) is 79.1 Å². The number of benzene rings is 7. The summed E-state index contributed by atoms with van der Waals surface area (Å²) in [5.41, 5.74) is 12.8. The van der Waals surface area contributed by atoms with E-state index in [2.05, 4.69) is 132 Å². The number of hydrogen-bond donors (Lipinski definition) is 0. The van der Waals surface area contributed by atoms with Crippen LogP contribution in [0.1, 0.15) is 5.69 Å². The van der Waals surface area contributed by atoms with Gasteiger partial charge in [0, 0.05) is 56.4 Å². The van der Waals surface area contributed by atoms with Crippen LogP contribution < -0.4 is 4.40 Å². The summed E-state index contributed by atoms with van der Waals surface area (Å²) in [4.78, 5) is 35.9. The van der Waals surface area contributed by atoms with Gasteiger partial charge in [0.2, 0.25) is 11.5 Å². The number of rotatable bonds is 7. The first-order chi connectivity index (χ1) is 33.1. The molecule has 0 amide bonds. The van der Waals surface area contributed by atoms with E-state index in [9.17, 15) is 0 Å². The van der Waals surface area contributed by atoms with Crippen molar-refractivity contribution in [1.29, 1.82) is 0 Å². The largest absolute Gasteiger partial charge is 0.362 e. The first-order valence-electron chi connectivity index (χ1n) is 22.2. The molecule has 67 heavy (non-hydrogen) atoms. The lowest BCUT2D eigenvalue weighted by atomic mass is 9.94. The molecule has 0 unspecified atom stereocenters. The lowest BCUT2D eigenvalue weighted by molar-refractivity contribution is -0.479. The van der Waals surface area contributed by atoms with Gasteiger partial charge in [0.1, 0.15) is 5.52 Å². The Morgan fingerprint density at radius 3 is 1.69 bits per heavy atom. The fraction of sp³-hybridized carbons (Fsp3) is 0.0169. The molecule has 0 saturated heterocycles. The van der Waals surface area contributed by atoms with Crippen LogP contribution in [0, 0.1) is 6.92 Å². The lowest BCUT2D eigenvalue weighted by Crippen LogP contribution is -2.30. The van der Waals surface area contributed by atoms with Crippen LogP contribution in [0.5, 0.6) is 0 Å². The monoisotopic (exact) mass is 859 g/mol. The summed E-state index contributed by atoms with van der Waals surface area (Å²) in [6, 6.07) is 72.7. The highest BCUT2D eigenvalue weighted by Crippen LogP contribution is 2.37. The van der Waals surface area contributed by atoms with Gasteiger partial charge in [-0.05, 0) is 89.5 Å². The van der Waals surface area contributed by atoms with Gasteiger partial charge in [-0.2, -0.15) is 4.40 Å². The van der Waals surface area contributed by atoms with E-state index in [0.29, 0.717) is 28.9 Å². The molecule has 0 aliphatic rings. The third-order valence-corrected chi connectivity index (χ3v) is 12.1. The molecule has 0 spiro atoms. The minimum Gasteiger partial charge on any atom is -0.256 e. The molecule has 8 nitrogen and oxygen atoms in total. The molecule has 5 heterocycles. The van der Waals surface area contributed by atoms with Gasteiger partial charge < -0.3 is 0 Å². The Kier molecular flexibility index (Phi) is 9.87. The minimum absolute atomic E-state index is 0.495. The van der Waals surface area contributed by atoms with Crippen molar-refractivity contribution < 1.29 is 4.40 Å². The molecule has 12 rings (SSSR count). The maximum atomic E-state index is 5.37. The number of nitrogens with zero attached hydrogens (tertiary/aromatic N) is 8. The Balaban J connectivity index is 1.08. The van der Waals surface area contributed by atoms with Crippen molar-refractivity contribution in [2.75, 3.05) is 0 Å². The fourth-order valence-corrected chi connectivity index (χ4v) is 8.88. The highest BCUT2D eigenvalue weighted by atomic mass is 15.2. The minimum atomic E-state index is 0.495. The molecule has 12 aromatic rings. The molecule has 8 heteroatoms. The second-order valence-corrected chi connectivity index (χ2v) is 16.5. The summed E-state index contributed by atoms with van der Waals surface area (Å²) in [7, 11) is 0. The molecule has 0 aliphatic carbocycles. The van der Waals surface area contributed by atoms with Crippen molar-refractivity contribution in [1.82, 2.24) is 34.9 Å². The molecule has 0 radical (unpaired) electrons. The molecule has 5 aromatic heterocycles. The highest BCUT2D eigenvalue weighted by molar-refractivity contribution is 6.13. The Bertz CT molecular complexity index is 3850. The first-order valence-corrected chi connectivity index (χ1v) is 22.2. The zero-order chi connectivity index (χ0) is 44.7. The van der Waals surface area contributed by atoms with Crippen LogP contribution in [0.15, 0.2) is 219 Å². The molecule has 0 aliphatic heterocycles. The first kappa shape index (κ1) is 39.5. The molecule has 0 saturated carbocycles. The normalized spacial score (nSPS) is 11.4. The summed E-state index contributed by atoms with van der Waals surface area (Å²) < 4.78 is 2.00. The summed E-state index contributed by atoms with van der Waals surface area (Å²) in [6.07, 6.45) is 1.82. The number of hydrogen-bond acceptors (Lipinski definition) is 7. The van der Waals surface area contributed by atoms with Gasteiger partial charge in [-0.3, -0.25) is 4.98 Å². The smallest absolute Gasteiger partial charge is 0.256 e. The topological polar surface area (TPSA) is 94.3 Å². The standard InChI is InChI=1S/C59H39N8/c1-38-34-53-49-27-15-26-48(44-22-13-23-45(35-44)52-37-51(62-55(63-52)41-16-5-2-6-17-41)40-31-29-39(30-32-40)50-28-11-12-33-60-50)54(49)46-24-14-25-47(36-46)58-66-56(42-18-7-3-8-19-42)65-57(43-20-9-4-10-21-43)67(58)59(61-38)64-53/h2-37H,1H3/q+1. The van der Waals surface area contributed by atoms with Crippen LogP contribution in [0.3, 0.4) is 0 Å². The quantitative estimate of drug-likeness (QED) is 0.147. The van der Waals surface area contributed by atoms with Gasteiger partial charge in [0.15, 0.2) is 5.82 Å². The number of aromatic nitrogens is 8. The highest BCUT2D eigenvalue weighted by Gasteiger charge is 2.22. The fourth-order valence-electron chi connectivity index (χ4n) is 8.88. The Hall–Kier alpha value is -9.14. The summed E-state index contributed by atoms with van der Waals surface area (Å²) in [5.74, 6) is 2.46. The number of pyridine rings is 1. The lowest BCUT2D eigenvalue weighted by Gasteiger charge is -2.13. The van der Waals surface area contributed by atoms with Gasteiger partial charge in [0.25, 0.3) is 5.82 Å². The second-order valence-electron chi connectivity index (χ2n) is 16.5. The summed E-state index contributed by atoms with van der Waals surface area (Å²) in [6.45, 7) is 2.02. The summed E-state index contributed by atoms with van der Waals surface area (Å²) in [5, 5.41) is 3.99. The van der Waals surface area contributed by atoms with Crippen LogP contribution in [-0.2, 0) is 0 Å². The summed E-state index contributed by atoms with van der Waals surface area (Å²) >= 11 is 0. The van der Waals surface area contributed by atoms with Crippen LogP contribution in [0.25, 0.3) is 118 Å². The van der Waals surface area contributed by atoms with Crippen LogP contribution in [0.4, 0.5) is 0 Å². The molecule has 314 valence electrons. The second kappa shape index (κ2) is 16.8. The number of fused-ring (bicyclic) bond motifs is 10. The predicted octanol–water partition coefficient (Wildman–Crippen LogP) is 13.2. The van der Waals surface area contributed by atoms with E-state index >= 15 is 0 Å². The van der Waals surface area contributed by atoms with Gasteiger partial charge >= 0.3 is 5.78 Å². The van der Waals surface area contributed by atoms with Gasteiger partial charge in [-0.1, -0.05) is 146 Å². The van der Waals surface area contributed by atoms with E-state index in [0.717, 1.165) is 94.3 Å². The molecule has 0 fully saturated rings. The van der Waals surface area contributed by atoms with Crippen molar-refractivity contribution >= 4 is 38.5 Å². The molecular weight excluding hydrogens is 821 g/mol. The van der Waals surface area contributed by atoms with E-state index in [1.807, 2.05) is 102 Å². The predicted molar refractivity (Wildman–Crippen MR) is 268 cm³/mol. The molecule has 4 bridgehead atoms. The van der Waals surface area contributed by atoms with E-state index < -0.39 is 0 Å². The van der Waals surface area contributed by atoms with Crippen molar-refractivity contribution in [3.63, 3.8) is 0 Å². The third kappa shape index (κ3) is 7.52. The number of aryl methyl sites for hydroxylation is 1. The Labute approximate surface area is 386 Å². The molecular formula is C59H39N8+. The van der Waals surface area contributed by atoms with E-state index in [1.165, 1.54) is 0 Å². The molecule has 7 aromatic carbocycles. The average Bonchev–Trinajstić information content (AvgIpc) is 3.41. The van der Waals surface area contributed by atoms with Crippen LogP contribution >= 0.6 is 0 Å². The van der Waals surface area contributed by atoms with Crippen molar-refractivity contribution in [2.24, 2.45) is 0 Å². The zero-order valence-electron chi connectivity index (χ0n) is 36.4. The van der Waals surface area contributed by atoms with Crippen molar-refractivity contribution in [3.05, 3.63) is 224 Å². The van der Waals surface area contributed by atoms with E-state index in [1.54, 1.807) is 0 Å². The zero-order valence-corrected chi connectivity index (χ0v) is 36.4. The Morgan fingerprint density at radius 1 is 0.373 bits per heavy atom. The maximum absolute atomic E-state index is 5.37. The van der Waals surface area contributed by atoms with E-state index in [4.69, 9.17) is 29.9 Å². The Morgan fingerprint density at radius 2 is 0.970 bits per heavy atom. The van der Waals surface area contributed by atoms with E-state index in [-0.39, 0.29) is 0 Å². The average molecular weight is 860 g/mol. The van der Waals surface area contributed by atoms with Crippen molar-refractivity contribution in [2.45, 2.75) is 6.92 Å². The SMILES string of the molecule is Cc1cc2nc(n1)[n+]1c(-c3ccccc3)nc(-c3ccccc3)nc1c1cccc(c1)c1c(-c3cccc(-c4cc(-c5ccc(-c6ccccn6)cc5)nc(-c5ccccc5)n4)c3)cccc21. The van der Waals surface area contributed by atoms with Gasteiger partial charge in [0.05, 0.1) is 22.8 Å². The van der Waals surface area contributed by atoms with Crippen LogP contribution in [0.2, 0.25) is 0 Å². The molecule has 0 atom stereocenters. The van der Waals surface area contributed by atoms with Crippen LogP contribution in [-0.4, -0.2) is 34.9 Å². The third-order valence-electron chi connectivity index (χ3n) is 12.1.